The monoisotopic (exact) mass is 273 g/mol. The van der Waals surface area contributed by atoms with E-state index in [4.69, 9.17) is 5.73 Å². The van der Waals surface area contributed by atoms with Crippen LogP contribution in [-0.2, 0) is 6.42 Å². The first-order valence-corrected chi connectivity index (χ1v) is 7.26. The lowest BCUT2D eigenvalue weighted by molar-refractivity contribution is 0.766. The average Bonchev–Trinajstić information content (AvgIpc) is 2.42. The summed E-state index contributed by atoms with van der Waals surface area (Å²) in [5.41, 5.74) is 9.53. The molecular weight excluding hydrogens is 246 g/mol. The molecule has 0 heterocycles. The Kier molecular flexibility index (Phi) is 6.85. The average molecular weight is 273 g/mol. The molecule has 0 fully saturated rings. The van der Waals surface area contributed by atoms with Crippen LogP contribution in [0.1, 0.15) is 44.2 Å². The second-order valence-electron chi connectivity index (χ2n) is 5.59. The van der Waals surface area contributed by atoms with E-state index in [2.05, 4.69) is 55.0 Å². The smallest absolute Gasteiger partial charge is 0.188 e. The summed E-state index contributed by atoms with van der Waals surface area (Å²) in [6, 6.07) is 8.87. The number of hydrogen-bond donors (Lipinski definition) is 2. The lowest BCUT2D eigenvalue weighted by Crippen LogP contribution is -2.32. The summed E-state index contributed by atoms with van der Waals surface area (Å²) >= 11 is 0. The van der Waals surface area contributed by atoms with Gasteiger partial charge in [0.05, 0.1) is 6.54 Å². The van der Waals surface area contributed by atoms with Crippen molar-refractivity contribution in [1.82, 2.24) is 5.32 Å². The van der Waals surface area contributed by atoms with Gasteiger partial charge in [-0.15, -0.1) is 0 Å². The van der Waals surface area contributed by atoms with Gasteiger partial charge in [-0.3, -0.25) is 0 Å². The first kappa shape index (κ1) is 16.3. The summed E-state index contributed by atoms with van der Waals surface area (Å²) in [5.74, 6) is 1.10. The third-order valence-corrected chi connectivity index (χ3v) is 3.11. The first-order valence-electron chi connectivity index (χ1n) is 7.26. The second kappa shape index (κ2) is 8.41. The molecule has 0 aromatic heterocycles. The number of rotatable bonds is 7. The Balaban J connectivity index is 2.27. The third kappa shape index (κ3) is 6.41. The van der Waals surface area contributed by atoms with Crippen LogP contribution in [0.15, 0.2) is 41.4 Å². The van der Waals surface area contributed by atoms with Crippen molar-refractivity contribution in [2.75, 3.05) is 13.1 Å². The highest BCUT2D eigenvalue weighted by Gasteiger charge is 1.99. The van der Waals surface area contributed by atoms with Crippen molar-refractivity contribution in [3.05, 3.63) is 47.5 Å². The highest BCUT2D eigenvalue weighted by atomic mass is 15.1. The molecule has 0 aliphatic heterocycles. The molecule has 0 unspecified atom stereocenters. The van der Waals surface area contributed by atoms with E-state index in [9.17, 15) is 0 Å². The topological polar surface area (TPSA) is 50.4 Å². The number of aliphatic imine (C=N–C) groups is 1. The summed E-state index contributed by atoms with van der Waals surface area (Å²) in [4.78, 5) is 4.18. The van der Waals surface area contributed by atoms with E-state index in [-0.39, 0.29) is 0 Å². The lowest BCUT2D eigenvalue weighted by atomic mass is 10.0. The zero-order valence-corrected chi connectivity index (χ0v) is 12.9. The second-order valence-corrected chi connectivity index (χ2v) is 5.59. The molecule has 3 heteroatoms. The highest BCUT2D eigenvalue weighted by molar-refractivity contribution is 5.77. The molecule has 0 radical (unpaired) electrons. The summed E-state index contributed by atoms with van der Waals surface area (Å²) in [6.45, 7) is 11.6. The van der Waals surface area contributed by atoms with E-state index in [0.717, 1.165) is 25.0 Å². The summed E-state index contributed by atoms with van der Waals surface area (Å²) in [7, 11) is 0. The number of aryl methyl sites for hydroxylation is 1. The van der Waals surface area contributed by atoms with Gasteiger partial charge < -0.3 is 11.1 Å². The van der Waals surface area contributed by atoms with E-state index in [1.165, 1.54) is 11.1 Å². The third-order valence-electron chi connectivity index (χ3n) is 3.11. The van der Waals surface area contributed by atoms with Gasteiger partial charge in [-0.25, -0.2) is 4.99 Å². The Labute approximate surface area is 123 Å². The van der Waals surface area contributed by atoms with Crippen molar-refractivity contribution in [2.24, 2.45) is 10.7 Å². The van der Waals surface area contributed by atoms with E-state index in [1.54, 1.807) is 0 Å². The van der Waals surface area contributed by atoms with Crippen molar-refractivity contribution in [3.8, 4) is 0 Å². The van der Waals surface area contributed by atoms with Crippen LogP contribution in [0.4, 0.5) is 0 Å². The fraction of sp³-hybridized carbons (Fsp3) is 0.471. The van der Waals surface area contributed by atoms with Gasteiger partial charge in [0, 0.05) is 6.54 Å². The molecule has 3 nitrogen and oxygen atoms in total. The number of nitrogens with one attached hydrogen (secondary N) is 1. The van der Waals surface area contributed by atoms with Crippen LogP contribution in [0, 0.1) is 0 Å². The Morgan fingerprint density at radius 3 is 2.50 bits per heavy atom. The van der Waals surface area contributed by atoms with Crippen LogP contribution in [-0.4, -0.2) is 19.0 Å². The van der Waals surface area contributed by atoms with Crippen LogP contribution in [0.2, 0.25) is 0 Å². The summed E-state index contributed by atoms with van der Waals surface area (Å²) < 4.78 is 0. The van der Waals surface area contributed by atoms with Gasteiger partial charge in [0.1, 0.15) is 0 Å². The molecular formula is C17H27N3. The molecule has 0 spiro atoms. The van der Waals surface area contributed by atoms with Crippen molar-refractivity contribution >= 4 is 5.96 Å². The Hall–Kier alpha value is -1.77. The van der Waals surface area contributed by atoms with Crippen molar-refractivity contribution in [2.45, 2.75) is 39.5 Å². The lowest BCUT2D eigenvalue weighted by Gasteiger charge is -2.08. The maximum absolute atomic E-state index is 5.75. The minimum Gasteiger partial charge on any atom is -0.370 e. The van der Waals surface area contributed by atoms with Gasteiger partial charge in [0.25, 0.3) is 0 Å². The largest absolute Gasteiger partial charge is 0.370 e. The van der Waals surface area contributed by atoms with Crippen LogP contribution >= 0.6 is 0 Å². The fourth-order valence-corrected chi connectivity index (χ4v) is 1.85. The number of nitrogens with zero attached hydrogens (tertiary/aromatic N) is 1. The first-order chi connectivity index (χ1) is 9.49. The van der Waals surface area contributed by atoms with Crippen molar-refractivity contribution in [3.63, 3.8) is 0 Å². The predicted octanol–water partition coefficient (Wildman–Crippen LogP) is 3.22. The van der Waals surface area contributed by atoms with Crippen molar-refractivity contribution < 1.29 is 0 Å². The Bertz CT molecular complexity index is 444. The maximum atomic E-state index is 5.75. The van der Waals surface area contributed by atoms with Crippen LogP contribution in [0.25, 0.3) is 0 Å². The molecule has 20 heavy (non-hydrogen) atoms. The zero-order valence-electron chi connectivity index (χ0n) is 12.9. The minimum atomic E-state index is 0.503. The van der Waals surface area contributed by atoms with Gasteiger partial charge >= 0.3 is 0 Å². The van der Waals surface area contributed by atoms with E-state index < -0.39 is 0 Å². The number of guanidine groups is 1. The molecule has 0 saturated heterocycles. The number of benzene rings is 1. The molecule has 0 bridgehead atoms. The molecule has 1 aromatic carbocycles. The molecule has 3 N–H and O–H groups in total. The number of nitrogens with two attached hydrogens (primary N) is 1. The number of hydrogen-bond acceptors (Lipinski definition) is 1. The Morgan fingerprint density at radius 2 is 1.95 bits per heavy atom. The molecule has 110 valence electrons. The van der Waals surface area contributed by atoms with Gasteiger partial charge in [0.15, 0.2) is 5.96 Å². The van der Waals surface area contributed by atoms with E-state index >= 15 is 0 Å². The molecule has 0 atom stereocenters. The van der Waals surface area contributed by atoms with Crippen LogP contribution < -0.4 is 11.1 Å². The highest BCUT2D eigenvalue weighted by Crippen LogP contribution is 2.15. The van der Waals surface area contributed by atoms with Crippen LogP contribution in [0.3, 0.4) is 0 Å². The SMILES string of the molecule is C=C(C)CN=C(N)NCCCc1ccc(C(C)C)cc1. The van der Waals surface area contributed by atoms with Gasteiger partial charge in [0.2, 0.25) is 0 Å². The predicted molar refractivity (Wildman–Crippen MR) is 88.2 cm³/mol. The fourth-order valence-electron chi connectivity index (χ4n) is 1.85. The summed E-state index contributed by atoms with van der Waals surface area (Å²) in [6.07, 6.45) is 2.10. The normalized spacial score (nSPS) is 11.7. The summed E-state index contributed by atoms with van der Waals surface area (Å²) in [5, 5.41) is 3.12. The maximum Gasteiger partial charge on any atom is 0.188 e. The molecule has 1 rings (SSSR count). The molecule has 0 amide bonds. The van der Waals surface area contributed by atoms with Gasteiger partial charge in [-0.2, -0.15) is 0 Å². The quantitative estimate of drug-likeness (QED) is 0.347. The van der Waals surface area contributed by atoms with Crippen molar-refractivity contribution in [1.29, 1.82) is 0 Å². The standard InChI is InChI=1S/C17H27N3/c1-13(2)12-20-17(18)19-11-5-6-15-7-9-16(10-8-15)14(3)4/h7-10,14H,1,5-6,11-12H2,2-4H3,(H3,18,19,20). The molecule has 0 saturated carbocycles. The van der Waals surface area contributed by atoms with Gasteiger partial charge in [-0.1, -0.05) is 50.3 Å². The molecule has 1 aromatic rings. The molecule has 0 aliphatic rings. The van der Waals surface area contributed by atoms with Crippen LogP contribution in [0.5, 0.6) is 0 Å². The zero-order chi connectivity index (χ0) is 15.0. The minimum absolute atomic E-state index is 0.503. The van der Waals surface area contributed by atoms with E-state index in [0.29, 0.717) is 18.4 Å². The van der Waals surface area contributed by atoms with E-state index in [1.807, 2.05) is 6.92 Å². The molecule has 0 aliphatic carbocycles. The van der Waals surface area contributed by atoms with Gasteiger partial charge in [-0.05, 0) is 36.8 Å². The Morgan fingerprint density at radius 1 is 1.30 bits per heavy atom.